The van der Waals surface area contributed by atoms with Crippen LogP contribution in [0.1, 0.15) is 29.7 Å². The molecule has 0 bridgehead atoms. The summed E-state index contributed by atoms with van der Waals surface area (Å²) < 4.78 is 14.0. The summed E-state index contributed by atoms with van der Waals surface area (Å²) in [5.41, 5.74) is 3.76. The molecule has 1 N–H and O–H groups in total. The monoisotopic (exact) mass is 240 g/mol. The third-order valence-electron chi connectivity index (χ3n) is 3.46. The van der Waals surface area contributed by atoms with E-state index in [1.165, 1.54) is 6.07 Å². The van der Waals surface area contributed by atoms with Crippen molar-refractivity contribution >= 4 is 5.57 Å². The number of aliphatic hydroxyl groups is 1. The van der Waals surface area contributed by atoms with Gasteiger partial charge >= 0.3 is 0 Å². The van der Waals surface area contributed by atoms with Crippen molar-refractivity contribution in [3.63, 3.8) is 0 Å². The van der Waals surface area contributed by atoms with Crippen LogP contribution in [-0.2, 0) is 0 Å². The molecule has 0 heterocycles. The number of hydrogen-bond acceptors (Lipinski definition) is 1. The van der Waals surface area contributed by atoms with Crippen LogP contribution in [0.25, 0.3) is 5.57 Å². The SMILES string of the molecule is CC1=C(c2ccccc2)c2c(F)cccc2C1O. The van der Waals surface area contributed by atoms with Gasteiger partial charge in [-0.3, -0.25) is 0 Å². The minimum atomic E-state index is -0.703. The predicted molar refractivity (Wildman–Crippen MR) is 69.5 cm³/mol. The quantitative estimate of drug-likeness (QED) is 0.806. The second kappa shape index (κ2) is 4.07. The molecular formula is C16H13FO. The summed E-state index contributed by atoms with van der Waals surface area (Å²) in [5.74, 6) is -0.276. The Bertz CT molecular complexity index is 629. The van der Waals surface area contributed by atoms with Crippen molar-refractivity contribution in [1.29, 1.82) is 0 Å². The van der Waals surface area contributed by atoms with Crippen LogP contribution in [-0.4, -0.2) is 5.11 Å². The first-order valence-corrected chi connectivity index (χ1v) is 5.93. The first-order chi connectivity index (χ1) is 8.70. The molecule has 1 aliphatic rings. The first kappa shape index (κ1) is 11.2. The van der Waals surface area contributed by atoms with Gasteiger partial charge in [0.1, 0.15) is 11.9 Å². The third-order valence-corrected chi connectivity index (χ3v) is 3.46. The molecule has 1 aliphatic carbocycles. The van der Waals surface area contributed by atoms with E-state index < -0.39 is 6.10 Å². The Labute approximate surface area is 105 Å². The molecule has 0 saturated heterocycles. The summed E-state index contributed by atoms with van der Waals surface area (Å²) in [6.07, 6.45) is -0.703. The van der Waals surface area contributed by atoms with Crippen LogP contribution in [0.4, 0.5) is 4.39 Å². The van der Waals surface area contributed by atoms with Gasteiger partial charge in [0.15, 0.2) is 0 Å². The lowest BCUT2D eigenvalue weighted by atomic mass is 9.97. The van der Waals surface area contributed by atoms with Gasteiger partial charge in [-0.05, 0) is 35.3 Å². The Morgan fingerprint density at radius 3 is 2.44 bits per heavy atom. The zero-order valence-electron chi connectivity index (χ0n) is 10.0. The predicted octanol–water partition coefficient (Wildman–Crippen LogP) is 3.69. The van der Waals surface area contributed by atoms with Crippen LogP contribution in [0.15, 0.2) is 54.1 Å². The van der Waals surface area contributed by atoms with Gasteiger partial charge in [-0.25, -0.2) is 4.39 Å². The van der Waals surface area contributed by atoms with Crippen molar-refractivity contribution in [3.8, 4) is 0 Å². The van der Waals surface area contributed by atoms with E-state index in [4.69, 9.17) is 0 Å². The highest BCUT2D eigenvalue weighted by atomic mass is 19.1. The lowest BCUT2D eigenvalue weighted by molar-refractivity contribution is 0.219. The average molecular weight is 240 g/mol. The van der Waals surface area contributed by atoms with E-state index in [1.807, 2.05) is 37.3 Å². The Morgan fingerprint density at radius 2 is 1.72 bits per heavy atom. The topological polar surface area (TPSA) is 20.2 Å². The van der Waals surface area contributed by atoms with Crippen LogP contribution < -0.4 is 0 Å². The number of hydrogen-bond donors (Lipinski definition) is 1. The van der Waals surface area contributed by atoms with E-state index in [1.54, 1.807) is 12.1 Å². The van der Waals surface area contributed by atoms with Crippen LogP contribution in [0.3, 0.4) is 0 Å². The molecule has 0 aliphatic heterocycles. The molecule has 0 radical (unpaired) electrons. The highest BCUT2D eigenvalue weighted by Crippen LogP contribution is 2.44. The molecule has 18 heavy (non-hydrogen) atoms. The van der Waals surface area contributed by atoms with Gasteiger partial charge in [-0.1, -0.05) is 42.5 Å². The van der Waals surface area contributed by atoms with Crippen LogP contribution in [0.5, 0.6) is 0 Å². The molecule has 0 amide bonds. The Kier molecular flexibility index (Phi) is 2.53. The average Bonchev–Trinajstić information content (AvgIpc) is 2.65. The lowest BCUT2D eigenvalue weighted by Crippen LogP contribution is -1.95. The Balaban J connectivity index is 2.28. The molecule has 0 aromatic heterocycles. The second-order valence-electron chi connectivity index (χ2n) is 4.53. The number of halogens is 1. The number of rotatable bonds is 1. The van der Waals surface area contributed by atoms with E-state index in [9.17, 15) is 9.50 Å². The van der Waals surface area contributed by atoms with Gasteiger partial charge < -0.3 is 5.11 Å². The molecule has 3 rings (SSSR count). The molecule has 2 aromatic carbocycles. The van der Waals surface area contributed by atoms with Gasteiger partial charge in [0.05, 0.1) is 0 Å². The fourth-order valence-corrected chi connectivity index (χ4v) is 2.58. The van der Waals surface area contributed by atoms with E-state index >= 15 is 0 Å². The van der Waals surface area contributed by atoms with Crippen LogP contribution >= 0.6 is 0 Å². The van der Waals surface area contributed by atoms with Crippen molar-refractivity contribution in [1.82, 2.24) is 0 Å². The summed E-state index contributed by atoms with van der Waals surface area (Å²) in [5, 5.41) is 10.2. The lowest BCUT2D eigenvalue weighted by Gasteiger charge is -2.07. The van der Waals surface area contributed by atoms with Crippen molar-refractivity contribution < 1.29 is 9.50 Å². The van der Waals surface area contributed by atoms with E-state index in [0.717, 1.165) is 16.7 Å². The summed E-state index contributed by atoms with van der Waals surface area (Å²) in [7, 11) is 0. The van der Waals surface area contributed by atoms with Gasteiger partial charge in [-0.2, -0.15) is 0 Å². The van der Waals surface area contributed by atoms with Crippen molar-refractivity contribution in [2.45, 2.75) is 13.0 Å². The molecule has 1 atom stereocenters. The van der Waals surface area contributed by atoms with Gasteiger partial charge in [-0.15, -0.1) is 0 Å². The zero-order valence-corrected chi connectivity index (χ0v) is 10.0. The maximum atomic E-state index is 14.0. The molecule has 1 unspecified atom stereocenters. The summed E-state index contributed by atoms with van der Waals surface area (Å²) in [6, 6.07) is 14.5. The molecule has 0 spiro atoms. The third kappa shape index (κ3) is 1.50. The number of fused-ring (bicyclic) bond motifs is 1. The maximum absolute atomic E-state index is 14.0. The maximum Gasteiger partial charge on any atom is 0.131 e. The van der Waals surface area contributed by atoms with E-state index in [2.05, 4.69) is 0 Å². The van der Waals surface area contributed by atoms with Crippen molar-refractivity contribution in [2.24, 2.45) is 0 Å². The standard InChI is InChI=1S/C16H13FO/c1-10-14(11-6-3-2-4-7-11)15-12(16(10)18)8-5-9-13(15)17/h2-9,16,18H,1H3. The van der Waals surface area contributed by atoms with Crippen LogP contribution in [0.2, 0.25) is 0 Å². The Hall–Kier alpha value is -1.93. The zero-order chi connectivity index (χ0) is 12.7. The van der Waals surface area contributed by atoms with Crippen molar-refractivity contribution in [2.75, 3.05) is 0 Å². The smallest absolute Gasteiger partial charge is 0.131 e. The second-order valence-corrected chi connectivity index (χ2v) is 4.53. The highest BCUT2D eigenvalue weighted by Gasteiger charge is 2.30. The largest absolute Gasteiger partial charge is 0.384 e. The minimum Gasteiger partial charge on any atom is -0.384 e. The summed E-state index contributed by atoms with van der Waals surface area (Å²) >= 11 is 0. The fourth-order valence-electron chi connectivity index (χ4n) is 2.58. The van der Waals surface area contributed by atoms with E-state index in [0.29, 0.717) is 11.1 Å². The molecular weight excluding hydrogens is 227 g/mol. The normalized spacial score (nSPS) is 18.1. The molecule has 2 heteroatoms. The van der Waals surface area contributed by atoms with Gasteiger partial charge in [0.2, 0.25) is 0 Å². The molecule has 0 fully saturated rings. The molecule has 2 aromatic rings. The molecule has 1 nitrogen and oxygen atoms in total. The highest BCUT2D eigenvalue weighted by molar-refractivity contribution is 5.88. The summed E-state index contributed by atoms with van der Waals surface area (Å²) in [4.78, 5) is 0. The minimum absolute atomic E-state index is 0.276. The van der Waals surface area contributed by atoms with Crippen LogP contribution in [0, 0.1) is 5.82 Å². The molecule has 0 saturated carbocycles. The fraction of sp³-hybridized carbons (Fsp3) is 0.125. The van der Waals surface area contributed by atoms with Gasteiger partial charge in [0.25, 0.3) is 0 Å². The Morgan fingerprint density at radius 1 is 1.00 bits per heavy atom. The van der Waals surface area contributed by atoms with Crippen molar-refractivity contribution in [3.05, 3.63) is 76.6 Å². The van der Waals surface area contributed by atoms with E-state index in [-0.39, 0.29) is 5.82 Å². The number of benzene rings is 2. The number of aliphatic hydroxyl groups excluding tert-OH is 1. The molecule has 90 valence electrons. The first-order valence-electron chi connectivity index (χ1n) is 5.93. The summed E-state index contributed by atoms with van der Waals surface area (Å²) in [6.45, 7) is 1.85. The van der Waals surface area contributed by atoms with Gasteiger partial charge in [0, 0.05) is 5.56 Å².